The minimum atomic E-state index is -0.827. The van der Waals surface area contributed by atoms with Crippen molar-refractivity contribution in [1.82, 2.24) is 14.9 Å². The van der Waals surface area contributed by atoms with Crippen LogP contribution in [0.4, 0.5) is 4.79 Å². The van der Waals surface area contributed by atoms with Crippen LogP contribution in [0.3, 0.4) is 0 Å². The molecule has 0 radical (unpaired) electrons. The van der Waals surface area contributed by atoms with E-state index in [1.54, 1.807) is 6.20 Å². The molecule has 0 aromatic carbocycles. The Bertz CT molecular complexity index is 606. The van der Waals surface area contributed by atoms with Crippen molar-refractivity contribution in [3.05, 3.63) is 36.2 Å². The topological polar surface area (TPSA) is 66.3 Å². The van der Waals surface area contributed by atoms with Crippen LogP contribution in [-0.4, -0.2) is 39.2 Å². The normalized spacial score (nSPS) is 16.7. The number of hydrogen-bond acceptors (Lipinski definition) is 3. The van der Waals surface area contributed by atoms with E-state index in [1.165, 1.54) is 4.90 Å². The number of nitrogens with zero attached hydrogens (tertiary/aromatic N) is 3. The summed E-state index contributed by atoms with van der Waals surface area (Å²) >= 11 is 0. The van der Waals surface area contributed by atoms with Gasteiger partial charge in [0.15, 0.2) is 5.65 Å². The monoisotopic (exact) mass is 257 g/mol. The Hall–Kier alpha value is -2.17. The highest BCUT2D eigenvalue weighted by atomic mass is 16.4. The number of carbonyl (C=O) groups is 1. The summed E-state index contributed by atoms with van der Waals surface area (Å²) in [6, 6.07) is 7.96. The second-order valence-electron chi connectivity index (χ2n) is 4.83. The van der Waals surface area contributed by atoms with Gasteiger partial charge in [-0.25, -0.2) is 14.8 Å². The van der Waals surface area contributed by atoms with Gasteiger partial charge < -0.3 is 10.0 Å². The summed E-state index contributed by atoms with van der Waals surface area (Å²) in [7, 11) is 0. The Kier molecular flexibility index (Phi) is 3.03. The number of carboxylic acid groups (broad SMARTS) is 1. The van der Waals surface area contributed by atoms with Crippen molar-refractivity contribution in [1.29, 1.82) is 0 Å². The predicted molar refractivity (Wildman–Crippen MR) is 71.1 cm³/mol. The van der Waals surface area contributed by atoms with Gasteiger partial charge in [0.1, 0.15) is 0 Å². The number of rotatable bonds is 1. The number of fused-ring (bicyclic) bond motifs is 1. The van der Waals surface area contributed by atoms with Crippen molar-refractivity contribution in [3.8, 4) is 0 Å². The van der Waals surface area contributed by atoms with E-state index in [0.717, 1.165) is 29.6 Å². The molecule has 1 N–H and O–H groups in total. The van der Waals surface area contributed by atoms with E-state index in [4.69, 9.17) is 5.11 Å². The van der Waals surface area contributed by atoms with Gasteiger partial charge in [0, 0.05) is 36.3 Å². The highest BCUT2D eigenvalue weighted by Gasteiger charge is 2.24. The van der Waals surface area contributed by atoms with Gasteiger partial charge in [-0.3, -0.25) is 0 Å². The van der Waals surface area contributed by atoms with Crippen molar-refractivity contribution in [2.24, 2.45) is 0 Å². The first-order chi connectivity index (χ1) is 9.24. The Morgan fingerprint density at radius 2 is 2.05 bits per heavy atom. The van der Waals surface area contributed by atoms with Crippen LogP contribution in [0.1, 0.15) is 24.5 Å². The zero-order valence-corrected chi connectivity index (χ0v) is 10.5. The summed E-state index contributed by atoms with van der Waals surface area (Å²) in [5.74, 6) is 0.335. The van der Waals surface area contributed by atoms with Gasteiger partial charge in [0.2, 0.25) is 0 Å². The smallest absolute Gasteiger partial charge is 0.407 e. The molecule has 0 spiro atoms. The third kappa shape index (κ3) is 2.36. The van der Waals surface area contributed by atoms with Crippen LogP contribution in [0.5, 0.6) is 0 Å². The van der Waals surface area contributed by atoms with E-state index in [9.17, 15) is 4.79 Å². The molecule has 3 rings (SSSR count). The minimum absolute atomic E-state index is 0.335. The van der Waals surface area contributed by atoms with Crippen molar-refractivity contribution in [2.45, 2.75) is 18.8 Å². The molecule has 0 aliphatic carbocycles. The van der Waals surface area contributed by atoms with Gasteiger partial charge in [-0.1, -0.05) is 0 Å². The molecule has 0 bridgehead atoms. The molecule has 19 heavy (non-hydrogen) atoms. The number of pyridine rings is 2. The van der Waals surface area contributed by atoms with Gasteiger partial charge >= 0.3 is 6.09 Å². The lowest BCUT2D eigenvalue weighted by Crippen LogP contribution is -2.36. The Morgan fingerprint density at radius 3 is 2.79 bits per heavy atom. The second-order valence-corrected chi connectivity index (χ2v) is 4.83. The molecule has 2 aromatic heterocycles. The summed E-state index contributed by atoms with van der Waals surface area (Å²) in [5.41, 5.74) is 1.79. The van der Waals surface area contributed by atoms with Crippen molar-refractivity contribution < 1.29 is 9.90 Å². The molecule has 98 valence electrons. The average Bonchev–Trinajstić information content (AvgIpc) is 2.47. The van der Waals surface area contributed by atoms with Gasteiger partial charge in [0.05, 0.1) is 0 Å². The van der Waals surface area contributed by atoms with Crippen molar-refractivity contribution >= 4 is 17.1 Å². The Labute approximate surface area is 110 Å². The molecule has 1 aliphatic heterocycles. The molecular formula is C14H15N3O2. The first-order valence-corrected chi connectivity index (χ1v) is 6.43. The second kappa shape index (κ2) is 4.84. The highest BCUT2D eigenvalue weighted by Crippen LogP contribution is 2.27. The summed E-state index contributed by atoms with van der Waals surface area (Å²) < 4.78 is 0. The fraction of sp³-hybridized carbons (Fsp3) is 0.357. The number of amides is 1. The Morgan fingerprint density at radius 1 is 1.26 bits per heavy atom. The largest absolute Gasteiger partial charge is 0.465 e. The lowest BCUT2D eigenvalue weighted by Gasteiger charge is -2.29. The lowest BCUT2D eigenvalue weighted by molar-refractivity contribution is 0.132. The summed E-state index contributed by atoms with van der Waals surface area (Å²) in [6.45, 7) is 1.17. The molecule has 5 heteroatoms. The van der Waals surface area contributed by atoms with E-state index in [0.29, 0.717) is 19.0 Å². The zero-order chi connectivity index (χ0) is 13.2. The highest BCUT2D eigenvalue weighted by molar-refractivity contribution is 5.74. The molecule has 0 unspecified atom stereocenters. The quantitative estimate of drug-likeness (QED) is 0.852. The molecule has 3 heterocycles. The van der Waals surface area contributed by atoms with Crippen LogP contribution in [0, 0.1) is 0 Å². The lowest BCUT2D eigenvalue weighted by atomic mass is 9.93. The summed E-state index contributed by atoms with van der Waals surface area (Å²) in [4.78, 5) is 21.2. The molecule has 1 amide bonds. The van der Waals surface area contributed by atoms with Crippen LogP contribution in [-0.2, 0) is 0 Å². The van der Waals surface area contributed by atoms with Gasteiger partial charge in [0.25, 0.3) is 0 Å². The van der Waals surface area contributed by atoms with Crippen molar-refractivity contribution in [3.63, 3.8) is 0 Å². The van der Waals surface area contributed by atoms with Gasteiger partial charge in [-0.2, -0.15) is 0 Å². The molecule has 0 atom stereocenters. The molecule has 5 nitrogen and oxygen atoms in total. The summed E-state index contributed by atoms with van der Waals surface area (Å²) in [5, 5.41) is 9.97. The third-order valence-corrected chi connectivity index (χ3v) is 3.67. The number of hydrogen-bond donors (Lipinski definition) is 1. The molecule has 1 fully saturated rings. The number of aromatic nitrogens is 2. The SMILES string of the molecule is O=C(O)N1CCC(c2ccc3cccnc3n2)CC1. The molecular weight excluding hydrogens is 242 g/mol. The van der Waals surface area contributed by atoms with Crippen LogP contribution < -0.4 is 0 Å². The number of piperidine rings is 1. The van der Waals surface area contributed by atoms with Crippen LogP contribution in [0.15, 0.2) is 30.5 Å². The predicted octanol–water partition coefficient (Wildman–Crippen LogP) is 2.49. The van der Waals surface area contributed by atoms with E-state index < -0.39 is 6.09 Å². The fourth-order valence-corrected chi connectivity index (χ4v) is 2.56. The number of likely N-dealkylation sites (tertiary alicyclic amines) is 1. The maximum absolute atomic E-state index is 10.9. The molecule has 1 saturated heterocycles. The molecule has 0 saturated carbocycles. The van der Waals surface area contributed by atoms with E-state index in [2.05, 4.69) is 9.97 Å². The van der Waals surface area contributed by atoms with Crippen LogP contribution in [0.25, 0.3) is 11.0 Å². The molecule has 1 aliphatic rings. The van der Waals surface area contributed by atoms with Crippen molar-refractivity contribution in [2.75, 3.05) is 13.1 Å². The van der Waals surface area contributed by atoms with E-state index in [-0.39, 0.29) is 0 Å². The maximum Gasteiger partial charge on any atom is 0.407 e. The Balaban J connectivity index is 1.80. The minimum Gasteiger partial charge on any atom is -0.465 e. The standard InChI is InChI=1S/C14H15N3O2/c18-14(19)17-8-5-10(6-9-17)12-4-3-11-2-1-7-15-13(11)16-12/h1-4,7,10H,5-6,8-9H2,(H,18,19). The maximum atomic E-state index is 10.9. The first kappa shape index (κ1) is 11.9. The third-order valence-electron chi connectivity index (χ3n) is 3.67. The first-order valence-electron chi connectivity index (χ1n) is 6.43. The fourth-order valence-electron chi connectivity index (χ4n) is 2.56. The average molecular weight is 257 g/mol. The van der Waals surface area contributed by atoms with Gasteiger partial charge in [-0.15, -0.1) is 0 Å². The van der Waals surface area contributed by atoms with E-state index in [1.807, 2.05) is 24.3 Å². The zero-order valence-electron chi connectivity index (χ0n) is 10.5. The van der Waals surface area contributed by atoms with Crippen LogP contribution in [0.2, 0.25) is 0 Å². The van der Waals surface area contributed by atoms with Gasteiger partial charge in [-0.05, 0) is 37.1 Å². The molecule has 2 aromatic rings. The van der Waals surface area contributed by atoms with E-state index >= 15 is 0 Å². The van der Waals surface area contributed by atoms with Crippen LogP contribution >= 0.6 is 0 Å². The summed E-state index contributed by atoms with van der Waals surface area (Å²) in [6.07, 6.45) is 2.58.